The molecule has 188 valence electrons. The standard InChI is InChI=1S/C26H33N3O6/c1-16(2)13-20(21(15-30)25(33)29-35)24(32)28-22(26(34)27-3)14-17-9-11-19(12-10-17)23(31)18-7-5-4-6-8-18/h4-12,16,20-22,30,35H,13-15H2,1-3H3,(H,27,34)(H,28,32)(H,29,33)/t20-,21?,22+/m1/s1. The van der Waals surface area contributed by atoms with E-state index < -0.39 is 42.2 Å². The van der Waals surface area contributed by atoms with E-state index in [0.29, 0.717) is 11.1 Å². The fourth-order valence-corrected chi connectivity index (χ4v) is 3.88. The molecular formula is C26H33N3O6. The zero-order chi connectivity index (χ0) is 26.0. The number of hydrogen-bond donors (Lipinski definition) is 5. The van der Waals surface area contributed by atoms with E-state index in [1.807, 2.05) is 19.9 Å². The van der Waals surface area contributed by atoms with E-state index in [4.69, 9.17) is 5.21 Å². The van der Waals surface area contributed by atoms with E-state index in [1.54, 1.807) is 48.5 Å². The Bertz CT molecular complexity index is 1010. The van der Waals surface area contributed by atoms with Gasteiger partial charge in [0, 0.05) is 24.6 Å². The summed E-state index contributed by atoms with van der Waals surface area (Å²) >= 11 is 0. The maximum absolute atomic E-state index is 13.1. The Hall–Kier alpha value is -3.56. The van der Waals surface area contributed by atoms with Gasteiger partial charge in [-0.2, -0.15) is 0 Å². The van der Waals surface area contributed by atoms with Crippen LogP contribution in [0.5, 0.6) is 0 Å². The first-order chi connectivity index (χ1) is 16.7. The van der Waals surface area contributed by atoms with E-state index in [0.717, 1.165) is 5.56 Å². The summed E-state index contributed by atoms with van der Waals surface area (Å²) in [7, 11) is 1.45. The van der Waals surface area contributed by atoms with Crippen molar-refractivity contribution in [2.45, 2.75) is 32.7 Å². The lowest BCUT2D eigenvalue weighted by molar-refractivity contribution is -0.143. The molecule has 9 nitrogen and oxygen atoms in total. The highest BCUT2D eigenvalue weighted by Crippen LogP contribution is 2.22. The molecule has 5 N–H and O–H groups in total. The summed E-state index contributed by atoms with van der Waals surface area (Å²) < 4.78 is 0. The first kappa shape index (κ1) is 27.7. The Morgan fingerprint density at radius 2 is 1.43 bits per heavy atom. The molecule has 2 aromatic carbocycles. The van der Waals surface area contributed by atoms with Crippen molar-refractivity contribution in [3.63, 3.8) is 0 Å². The van der Waals surface area contributed by atoms with Crippen molar-refractivity contribution in [2.75, 3.05) is 13.7 Å². The number of aliphatic hydroxyl groups excluding tert-OH is 1. The quantitative estimate of drug-likeness (QED) is 0.176. The zero-order valence-corrected chi connectivity index (χ0v) is 20.2. The first-order valence-electron chi connectivity index (χ1n) is 11.5. The summed E-state index contributed by atoms with van der Waals surface area (Å²) in [6.07, 6.45) is 0.414. The van der Waals surface area contributed by atoms with E-state index in [-0.39, 0.29) is 24.5 Å². The van der Waals surface area contributed by atoms with Gasteiger partial charge >= 0.3 is 0 Å². The molecule has 0 saturated carbocycles. The summed E-state index contributed by atoms with van der Waals surface area (Å²) in [6, 6.07) is 14.7. The average molecular weight is 484 g/mol. The molecule has 0 aromatic heterocycles. The summed E-state index contributed by atoms with van der Waals surface area (Å²) in [5.41, 5.74) is 3.28. The molecule has 0 spiro atoms. The maximum atomic E-state index is 13.1. The van der Waals surface area contributed by atoms with E-state index >= 15 is 0 Å². The summed E-state index contributed by atoms with van der Waals surface area (Å²) in [6.45, 7) is 3.08. The molecule has 0 aliphatic heterocycles. The molecule has 35 heavy (non-hydrogen) atoms. The van der Waals surface area contributed by atoms with Crippen LogP contribution in [0.25, 0.3) is 0 Å². The summed E-state index contributed by atoms with van der Waals surface area (Å²) in [5.74, 6) is -4.12. The van der Waals surface area contributed by atoms with Crippen molar-refractivity contribution < 1.29 is 29.5 Å². The number of likely N-dealkylation sites (N-methyl/N-ethyl adjacent to an activating group) is 1. The Kier molecular flexibility index (Phi) is 10.6. The summed E-state index contributed by atoms with van der Waals surface area (Å²) in [5, 5.41) is 23.9. The molecule has 3 atom stereocenters. The normalized spacial score (nSPS) is 13.4. The maximum Gasteiger partial charge on any atom is 0.249 e. The number of nitrogens with one attached hydrogen (secondary N) is 3. The van der Waals surface area contributed by atoms with Crippen LogP contribution in [0.1, 0.15) is 41.8 Å². The van der Waals surface area contributed by atoms with Gasteiger partial charge in [-0.25, -0.2) is 5.48 Å². The summed E-state index contributed by atoms with van der Waals surface area (Å²) in [4.78, 5) is 50.3. The molecular weight excluding hydrogens is 450 g/mol. The minimum absolute atomic E-state index is 0.0134. The van der Waals surface area contributed by atoms with Crippen LogP contribution in [0.3, 0.4) is 0 Å². The third-order valence-corrected chi connectivity index (χ3v) is 5.76. The predicted octanol–water partition coefficient (Wildman–Crippen LogP) is 1.47. The van der Waals surface area contributed by atoms with Gasteiger partial charge < -0.3 is 15.7 Å². The molecule has 0 aliphatic rings. The average Bonchev–Trinajstić information content (AvgIpc) is 2.87. The molecule has 0 radical (unpaired) electrons. The minimum atomic E-state index is -1.17. The van der Waals surface area contributed by atoms with Gasteiger partial charge in [-0.1, -0.05) is 68.4 Å². The second-order valence-corrected chi connectivity index (χ2v) is 8.77. The molecule has 2 rings (SSSR count). The van der Waals surface area contributed by atoms with Gasteiger partial charge in [0.15, 0.2) is 5.78 Å². The van der Waals surface area contributed by atoms with Crippen LogP contribution in [0.15, 0.2) is 54.6 Å². The van der Waals surface area contributed by atoms with Crippen molar-refractivity contribution in [1.29, 1.82) is 0 Å². The van der Waals surface area contributed by atoms with Crippen molar-refractivity contribution >= 4 is 23.5 Å². The van der Waals surface area contributed by atoms with E-state index in [9.17, 15) is 24.3 Å². The molecule has 0 bridgehead atoms. The Morgan fingerprint density at radius 3 is 1.94 bits per heavy atom. The first-order valence-corrected chi connectivity index (χ1v) is 11.5. The molecule has 0 heterocycles. The van der Waals surface area contributed by atoms with Gasteiger partial charge in [0.05, 0.1) is 18.4 Å². The molecule has 0 saturated heterocycles. The van der Waals surface area contributed by atoms with Crippen LogP contribution in [0, 0.1) is 17.8 Å². The van der Waals surface area contributed by atoms with Crippen LogP contribution in [0.2, 0.25) is 0 Å². The SMILES string of the molecule is CNC(=O)[C@H](Cc1ccc(C(=O)c2ccccc2)cc1)NC(=O)[C@H](CC(C)C)C(CO)C(=O)NO. The Balaban J connectivity index is 2.20. The van der Waals surface area contributed by atoms with Crippen LogP contribution < -0.4 is 16.1 Å². The Morgan fingerprint density at radius 1 is 0.829 bits per heavy atom. The van der Waals surface area contributed by atoms with Gasteiger partial charge in [0.1, 0.15) is 6.04 Å². The number of amides is 3. The van der Waals surface area contributed by atoms with Crippen LogP contribution >= 0.6 is 0 Å². The van der Waals surface area contributed by atoms with Crippen LogP contribution in [-0.4, -0.2) is 53.5 Å². The lowest BCUT2D eigenvalue weighted by atomic mass is 9.84. The second-order valence-electron chi connectivity index (χ2n) is 8.77. The molecule has 3 amide bonds. The third-order valence-electron chi connectivity index (χ3n) is 5.76. The number of hydroxylamine groups is 1. The molecule has 9 heteroatoms. The highest BCUT2D eigenvalue weighted by atomic mass is 16.5. The van der Waals surface area contributed by atoms with E-state index in [2.05, 4.69) is 10.6 Å². The van der Waals surface area contributed by atoms with Crippen molar-refractivity contribution in [2.24, 2.45) is 17.8 Å². The minimum Gasteiger partial charge on any atom is -0.396 e. The predicted molar refractivity (Wildman–Crippen MR) is 129 cm³/mol. The van der Waals surface area contributed by atoms with E-state index in [1.165, 1.54) is 12.5 Å². The number of carbonyl (C=O) groups excluding carboxylic acids is 4. The van der Waals surface area contributed by atoms with Gasteiger partial charge in [0.25, 0.3) is 0 Å². The Labute approximate surface area is 204 Å². The monoisotopic (exact) mass is 483 g/mol. The van der Waals surface area contributed by atoms with Crippen molar-refractivity contribution in [3.8, 4) is 0 Å². The number of benzene rings is 2. The molecule has 2 aromatic rings. The lowest BCUT2D eigenvalue weighted by Gasteiger charge is -2.27. The zero-order valence-electron chi connectivity index (χ0n) is 20.2. The molecule has 0 aliphatic carbocycles. The number of hydrogen-bond acceptors (Lipinski definition) is 6. The van der Waals surface area contributed by atoms with Crippen molar-refractivity contribution in [3.05, 3.63) is 71.3 Å². The molecule has 1 unspecified atom stereocenters. The van der Waals surface area contributed by atoms with Gasteiger partial charge in [-0.3, -0.25) is 24.4 Å². The number of carbonyl (C=O) groups is 4. The highest BCUT2D eigenvalue weighted by molar-refractivity contribution is 6.08. The number of aliphatic hydroxyl groups is 1. The lowest BCUT2D eigenvalue weighted by Crippen LogP contribution is -2.51. The fourth-order valence-electron chi connectivity index (χ4n) is 3.88. The van der Waals surface area contributed by atoms with Gasteiger partial charge in [-0.05, 0) is 17.9 Å². The fraction of sp³-hybridized carbons (Fsp3) is 0.385. The van der Waals surface area contributed by atoms with Gasteiger partial charge in [0.2, 0.25) is 17.7 Å². The third kappa shape index (κ3) is 7.73. The number of ketones is 1. The second kappa shape index (κ2) is 13.4. The van der Waals surface area contributed by atoms with Crippen molar-refractivity contribution in [1.82, 2.24) is 16.1 Å². The van der Waals surface area contributed by atoms with Crippen LogP contribution in [0.4, 0.5) is 0 Å². The largest absolute Gasteiger partial charge is 0.396 e. The highest BCUT2D eigenvalue weighted by Gasteiger charge is 2.35. The molecule has 0 fully saturated rings. The van der Waals surface area contributed by atoms with Crippen LogP contribution in [-0.2, 0) is 20.8 Å². The number of rotatable bonds is 12. The van der Waals surface area contributed by atoms with Gasteiger partial charge in [-0.15, -0.1) is 0 Å². The topological polar surface area (TPSA) is 145 Å². The smallest absolute Gasteiger partial charge is 0.249 e.